The number of amides is 1. The monoisotopic (exact) mass is 498 g/mol. The molecule has 6 rings (SSSR count). The molecular weight excluding hydrogens is 460 g/mol. The Kier molecular flexibility index (Phi) is 6.36. The minimum absolute atomic E-state index is 0.00251. The van der Waals surface area contributed by atoms with Crippen LogP contribution in [0.2, 0.25) is 0 Å². The molecule has 5 nitrogen and oxygen atoms in total. The quantitative estimate of drug-likeness (QED) is 0.481. The van der Waals surface area contributed by atoms with E-state index in [9.17, 15) is 9.90 Å². The van der Waals surface area contributed by atoms with Crippen LogP contribution in [0, 0.1) is 23.2 Å². The molecule has 0 bridgehead atoms. The highest BCUT2D eigenvalue weighted by Gasteiger charge is 2.59. The van der Waals surface area contributed by atoms with Crippen molar-refractivity contribution < 1.29 is 14.6 Å². The van der Waals surface area contributed by atoms with Gasteiger partial charge in [0.05, 0.1) is 18.6 Å². The molecule has 194 valence electrons. The van der Waals surface area contributed by atoms with Gasteiger partial charge in [-0.25, -0.2) is 0 Å². The van der Waals surface area contributed by atoms with Crippen LogP contribution < -0.4 is 10.1 Å². The number of nitrogens with one attached hydrogen (secondary N) is 1. The van der Waals surface area contributed by atoms with Gasteiger partial charge in [-0.3, -0.25) is 4.79 Å². The van der Waals surface area contributed by atoms with Crippen molar-refractivity contribution >= 4 is 5.91 Å². The van der Waals surface area contributed by atoms with Gasteiger partial charge in [0.2, 0.25) is 5.91 Å². The average Bonchev–Trinajstić information content (AvgIpc) is 3.45. The summed E-state index contributed by atoms with van der Waals surface area (Å²) in [5.74, 6) is 1.99. The molecule has 3 aliphatic rings. The number of rotatable bonds is 6. The van der Waals surface area contributed by atoms with Gasteiger partial charge in [-0.05, 0) is 96.2 Å². The standard InChI is InChI=1S/C32H38N2O3/c1-32-15-14-26-25-13-11-24(37-20-21-7-4-3-5-8-21)17-22(25)10-12-27(26)29(32)18-28(30(32)35)31(36)33-19-23-9-6-16-34(23)2/h3-9,11,13,16-17,26-30,35H,10,12,14-15,18-20H2,1-2H3,(H,33,36)/t26?,27?,28?,29?,30-,32-/m0/s1. The van der Waals surface area contributed by atoms with Crippen LogP contribution in [0.3, 0.4) is 0 Å². The van der Waals surface area contributed by atoms with Gasteiger partial charge in [0, 0.05) is 18.9 Å². The van der Waals surface area contributed by atoms with E-state index in [0.29, 0.717) is 30.9 Å². The Hall–Kier alpha value is -3.05. The number of aromatic nitrogens is 1. The highest BCUT2D eigenvalue weighted by atomic mass is 16.5. The summed E-state index contributed by atoms with van der Waals surface area (Å²) in [5.41, 5.74) is 4.92. The number of fused-ring (bicyclic) bond motifs is 5. The second-order valence-corrected chi connectivity index (χ2v) is 11.7. The van der Waals surface area contributed by atoms with E-state index in [2.05, 4.69) is 42.6 Å². The van der Waals surface area contributed by atoms with Crippen LogP contribution in [-0.4, -0.2) is 21.7 Å². The summed E-state index contributed by atoms with van der Waals surface area (Å²) in [6.45, 7) is 3.32. The van der Waals surface area contributed by atoms with E-state index in [1.807, 2.05) is 48.1 Å². The smallest absolute Gasteiger partial charge is 0.226 e. The highest BCUT2D eigenvalue weighted by Crippen LogP contribution is 2.62. The summed E-state index contributed by atoms with van der Waals surface area (Å²) in [7, 11) is 1.99. The third-order valence-electron chi connectivity index (χ3n) is 9.78. The summed E-state index contributed by atoms with van der Waals surface area (Å²) in [6, 6.07) is 20.9. The maximum Gasteiger partial charge on any atom is 0.226 e. The van der Waals surface area contributed by atoms with Gasteiger partial charge in [-0.1, -0.05) is 43.3 Å². The van der Waals surface area contributed by atoms with E-state index in [1.54, 1.807) is 0 Å². The van der Waals surface area contributed by atoms with E-state index < -0.39 is 6.10 Å². The SMILES string of the molecule is Cn1cccc1CNC(=O)C1CC2C3CCc4cc(OCc5ccccc5)ccc4C3CC[C@]2(C)[C@H]1O. The molecule has 0 radical (unpaired) electrons. The second kappa shape index (κ2) is 9.68. The molecule has 4 unspecified atom stereocenters. The van der Waals surface area contributed by atoms with Crippen molar-refractivity contribution in [2.24, 2.45) is 30.2 Å². The first-order valence-corrected chi connectivity index (χ1v) is 13.8. The molecule has 1 heterocycles. The van der Waals surface area contributed by atoms with Crippen LogP contribution in [0.15, 0.2) is 66.9 Å². The Bertz CT molecular complexity index is 1270. The number of ether oxygens (including phenoxy) is 1. The minimum Gasteiger partial charge on any atom is -0.489 e. The van der Waals surface area contributed by atoms with Crippen molar-refractivity contribution in [1.82, 2.24) is 9.88 Å². The molecule has 37 heavy (non-hydrogen) atoms. The van der Waals surface area contributed by atoms with Crippen LogP contribution in [0.5, 0.6) is 5.75 Å². The molecule has 0 spiro atoms. The third kappa shape index (κ3) is 4.37. The summed E-state index contributed by atoms with van der Waals surface area (Å²) in [6.07, 6.45) is 6.38. The molecule has 2 N–H and O–H groups in total. The van der Waals surface area contributed by atoms with Crippen LogP contribution in [-0.2, 0) is 31.4 Å². The fourth-order valence-electron chi connectivity index (χ4n) is 7.65. The predicted octanol–water partition coefficient (Wildman–Crippen LogP) is 5.36. The van der Waals surface area contributed by atoms with Crippen molar-refractivity contribution in [3.8, 4) is 5.75 Å². The van der Waals surface area contributed by atoms with Crippen LogP contribution in [0.25, 0.3) is 0 Å². The van der Waals surface area contributed by atoms with E-state index in [-0.39, 0.29) is 17.2 Å². The first-order chi connectivity index (χ1) is 17.9. The van der Waals surface area contributed by atoms with Crippen LogP contribution >= 0.6 is 0 Å². The van der Waals surface area contributed by atoms with E-state index in [0.717, 1.165) is 43.5 Å². The fraction of sp³-hybridized carbons (Fsp3) is 0.469. The zero-order valence-electron chi connectivity index (χ0n) is 21.9. The number of benzene rings is 2. The molecule has 3 aliphatic carbocycles. The first-order valence-electron chi connectivity index (χ1n) is 13.8. The Balaban J connectivity index is 1.15. The fourth-order valence-corrected chi connectivity index (χ4v) is 7.65. The normalized spacial score (nSPS) is 30.2. The number of hydrogen-bond donors (Lipinski definition) is 2. The number of hydrogen-bond acceptors (Lipinski definition) is 3. The Morgan fingerprint density at radius 3 is 2.76 bits per heavy atom. The number of aliphatic hydroxyl groups excluding tert-OH is 1. The van der Waals surface area contributed by atoms with Gasteiger partial charge in [0.1, 0.15) is 12.4 Å². The Labute approximate surface area is 219 Å². The summed E-state index contributed by atoms with van der Waals surface area (Å²) < 4.78 is 8.13. The number of aliphatic hydroxyl groups is 1. The molecule has 5 heteroatoms. The molecule has 1 amide bonds. The lowest BCUT2D eigenvalue weighted by atomic mass is 9.55. The van der Waals surface area contributed by atoms with E-state index in [4.69, 9.17) is 4.74 Å². The lowest BCUT2D eigenvalue weighted by molar-refractivity contribution is -0.129. The van der Waals surface area contributed by atoms with Gasteiger partial charge in [-0.2, -0.15) is 0 Å². The molecular formula is C32H38N2O3. The lowest BCUT2D eigenvalue weighted by Crippen LogP contribution is -2.45. The highest BCUT2D eigenvalue weighted by molar-refractivity contribution is 5.80. The topological polar surface area (TPSA) is 63.5 Å². The van der Waals surface area contributed by atoms with Gasteiger partial charge in [0.15, 0.2) is 0 Å². The van der Waals surface area contributed by atoms with Gasteiger partial charge in [0.25, 0.3) is 0 Å². The number of carbonyl (C=O) groups excluding carboxylic acids is 1. The van der Waals surface area contributed by atoms with Crippen molar-refractivity contribution in [3.05, 3.63) is 89.2 Å². The van der Waals surface area contributed by atoms with Gasteiger partial charge < -0.3 is 19.7 Å². The van der Waals surface area contributed by atoms with Crippen LogP contribution in [0.1, 0.15) is 60.9 Å². The van der Waals surface area contributed by atoms with E-state index >= 15 is 0 Å². The summed E-state index contributed by atoms with van der Waals surface area (Å²) >= 11 is 0. The second-order valence-electron chi connectivity index (χ2n) is 11.7. The third-order valence-corrected chi connectivity index (χ3v) is 9.78. The molecule has 6 atom stereocenters. The van der Waals surface area contributed by atoms with Crippen molar-refractivity contribution in [1.29, 1.82) is 0 Å². The van der Waals surface area contributed by atoms with Crippen molar-refractivity contribution in [3.63, 3.8) is 0 Å². The molecule has 2 saturated carbocycles. The van der Waals surface area contributed by atoms with Gasteiger partial charge in [-0.15, -0.1) is 0 Å². The lowest BCUT2D eigenvalue weighted by Gasteiger charge is -2.50. The Morgan fingerprint density at radius 2 is 1.97 bits per heavy atom. The minimum atomic E-state index is -0.581. The summed E-state index contributed by atoms with van der Waals surface area (Å²) in [4.78, 5) is 13.2. The number of nitrogens with zero attached hydrogens (tertiary/aromatic N) is 1. The van der Waals surface area contributed by atoms with Crippen LogP contribution in [0.4, 0.5) is 0 Å². The molecule has 0 saturated heterocycles. The van der Waals surface area contributed by atoms with Crippen molar-refractivity contribution in [2.75, 3.05) is 0 Å². The summed E-state index contributed by atoms with van der Waals surface area (Å²) in [5, 5.41) is 14.5. The molecule has 0 aliphatic heterocycles. The van der Waals surface area contributed by atoms with Crippen molar-refractivity contribution in [2.45, 2.75) is 64.2 Å². The maximum absolute atomic E-state index is 13.2. The number of carbonyl (C=O) groups is 1. The largest absolute Gasteiger partial charge is 0.489 e. The van der Waals surface area contributed by atoms with E-state index in [1.165, 1.54) is 16.7 Å². The molecule has 1 aromatic heterocycles. The maximum atomic E-state index is 13.2. The Morgan fingerprint density at radius 1 is 1.14 bits per heavy atom. The first kappa shape index (κ1) is 24.3. The number of aryl methyl sites for hydroxylation is 2. The molecule has 3 aromatic rings. The zero-order chi connectivity index (χ0) is 25.6. The molecule has 2 fully saturated rings. The molecule has 2 aromatic carbocycles. The van der Waals surface area contributed by atoms with Gasteiger partial charge >= 0.3 is 0 Å². The predicted molar refractivity (Wildman–Crippen MR) is 144 cm³/mol. The zero-order valence-corrected chi connectivity index (χ0v) is 21.9. The average molecular weight is 499 g/mol.